The van der Waals surface area contributed by atoms with Crippen molar-refractivity contribution in [3.8, 4) is 0 Å². The largest absolute Gasteiger partial charge is 0.356 e. The van der Waals surface area contributed by atoms with Crippen LogP contribution in [0.1, 0.15) is 25.3 Å². The molecule has 0 spiro atoms. The van der Waals surface area contributed by atoms with Crippen LogP contribution >= 0.6 is 24.0 Å². The summed E-state index contributed by atoms with van der Waals surface area (Å²) in [5, 5.41) is 6.46. The number of nitrogens with one attached hydrogen (secondary N) is 2. The fourth-order valence-corrected chi connectivity index (χ4v) is 4.50. The molecule has 9 heteroatoms. The zero-order valence-electron chi connectivity index (χ0n) is 16.4. The third kappa shape index (κ3) is 6.88. The molecule has 7 nitrogen and oxygen atoms in total. The average molecular weight is 509 g/mol. The first-order valence-electron chi connectivity index (χ1n) is 9.20. The number of hydrogen-bond donors (Lipinski definition) is 2. The fraction of sp³-hybridized carbons (Fsp3) is 0.611. The van der Waals surface area contributed by atoms with Crippen molar-refractivity contribution in [3.63, 3.8) is 0 Å². The number of guanidine groups is 1. The first-order valence-corrected chi connectivity index (χ1v) is 10.6. The molecule has 1 fully saturated rings. The highest BCUT2D eigenvalue weighted by Crippen LogP contribution is 2.21. The lowest BCUT2D eigenvalue weighted by atomic mass is 10.2. The quantitative estimate of drug-likeness (QED) is 0.253. The van der Waals surface area contributed by atoms with Gasteiger partial charge in [-0.1, -0.05) is 31.5 Å². The molecule has 27 heavy (non-hydrogen) atoms. The van der Waals surface area contributed by atoms with Crippen LogP contribution in [-0.4, -0.2) is 70.4 Å². The molecule has 2 N–H and O–H groups in total. The zero-order chi connectivity index (χ0) is 19.0. The van der Waals surface area contributed by atoms with Gasteiger partial charge in [-0.05, 0) is 25.1 Å². The van der Waals surface area contributed by atoms with Crippen LogP contribution in [0.4, 0.5) is 0 Å². The molecular formula is C18H32IN5O2S. The third-order valence-electron chi connectivity index (χ3n) is 4.55. The molecule has 1 saturated heterocycles. The van der Waals surface area contributed by atoms with Crippen molar-refractivity contribution < 1.29 is 8.42 Å². The van der Waals surface area contributed by atoms with Crippen molar-refractivity contribution in [2.24, 2.45) is 4.99 Å². The average Bonchev–Trinajstić information content (AvgIpc) is 2.65. The molecule has 0 amide bonds. The molecule has 0 unspecified atom stereocenters. The Morgan fingerprint density at radius 1 is 1.15 bits per heavy atom. The summed E-state index contributed by atoms with van der Waals surface area (Å²) in [6.45, 7) is 5.96. The lowest BCUT2D eigenvalue weighted by Gasteiger charge is -2.32. The molecule has 2 rings (SSSR count). The molecule has 1 heterocycles. The van der Waals surface area contributed by atoms with Gasteiger partial charge >= 0.3 is 0 Å². The van der Waals surface area contributed by atoms with Gasteiger partial charge in [0.2, 0.25) is 10.0 Å². The first kappa shape index (κ1) is 24.1. The normalized spacial score (nSPS) is 16.6. The summed E-state index contributed by atoms with van der Waals surface area (Å²) in [6.07, 6.45) is 2.17. The van der Waals surface area contributed by atoms with Crippen LogP contribution in [0.15, 0.2) is 34.2 Å². The number of piperazine rings is 1. The molecular weight excluding hydrogens is 477 g/mol. The van der Waals surface area contributed by atoms with Gasteiger partial charge < -0.3 is 15.5 Å². The van der Waals surface area contributed by atoms with Gasteiger partial charge in [-0.15, -0.1) is 24.0 Å². The van der Waals surface area contributed by atoms with Gasteiger partial charge in [-0.3, -0.25) is 4.99 Å². The fourth-order valence-electron chi connectivity index (χ4n) is 2.85. The van der Waals surface area contributed by atoms with Gasteiger partial charge in [-0.25, -0.2) is 8.42 Å². The minimum atomic E-state index is -3.49. The number of hydrogen-bond acceptors (Lipinski definition) is 4. The van der Waals surface area contributed by atoms with Gasteiger partial charge in [0.15, 0.2) is 5.96 Å². The Morgan fingerprint density at radius 3 is 2.44 bits per heavy atom. The first-order chi connectivity index (χ1) is 12.5. The Morgan fingerprint density at radius 2 is 1.81 bits per heavy atom. The zero-order valence-corrected chi connectivity index (χ0v) is 19.6. The Balaban J connectivity index is 0.00000364. The van der Waals surface area contributed by atoms with Crippen LogP contribution in [0.3, 0.4) is 0 Å². The summed E-state index contributed by atoms with van der Waals surface area (Å²) in [4.78, 5) is 6.71. The number of unbranched alkanes of at least 4 members (excludes halogenated alkanes) is 1. The Labute approximate surface area is 180 Å². The topological polar surface area (TPSA) is 77.0 Å². The monoisotopic (exact) mass is 509 g/mol. The summed E-state index contributed by atoms with van der Waals surface area (Å²) in [7, 11) is 0.244. The van der Waals surface area contributed by atoms with E-state index in [4.69, 9.17) is 0 Å². The summed E-state index contributed by atoms with van der Waals surface area (Å²) in [5.74, 6) is 0.685. The molecule has 1 aliphatic heterocycles. The van der Waals surface area contributed by atoms with Crippen molar-refractivity contribution >= 4 is 40.0 Å². The van der Waals surface area contributed by atoms with Gasteiger partial charge in [0.1, 0.15) is 0 Å². The van der Waals surface area contributed by atoms with E-state index >= 15 is 0 Å². The van der Waals surface area contributed by atoms with E-state index in [9.17, 15) is 8.42 Å². The second-order valence-corrected chi connectivity index (χ2v) is 8.43. The van der Waals surface area contributed by atoms with E-state index in [1.165, 1.54) is 0 Å². The van der Waals surface area contributed by atoms with Crippen LogP contribution in [0.25, 0.3) is 0 Å². The maximum Gasteiger partial charge on any atom is 0.243 e. The third-order valence-corrected chi connectivity index (χ3v) is 6.54. The maximum atomic E-state index is 13.1. The molecule has 1 aliphatic rings. The number of benzene rings is 1. The molecule has 0 aromatic heterocycles. The standard InChI is InChI=1S/C18H31N5O2S.HI/c1-4-5-10-20-18(19-2)21-15-16-8-6-7-9-17(16)26(24,25)23-13-11-22(3)12-14-23;/h6-9H,4-5,10-15H2,1-3H3,(H2,19,20,21);1H. The Hall–Kier alpha value is -0.910. The lowest BCUT2D eigenvalue weighted by molar-refractivity contribution is 0.222. The van der Waals surface area contributed by atoms with Gasteiger partial charge in [0, 0.05) is 46.3 Å². The van der Waals surface area contributed by atoms with E-state index in [2.05, 4.69) is 27.4 Å². The van der Waals surface area contributed by atoms with Crippen LogP contribution in [-0.2, 0) is 16.6 Å². The van der Waals surface area contributed by atoms with Crippen LogP contribution in [0.2, 0.25) is 0 Å². The van der Waals surface area contributed by atoms with Crippen molar-refractivity contribution in [3.05, 3.63) is 29.8 Å². The van der Waals surface area contributed by atoms with Gasteiger partial charge in [0.05, 0.1) is 4.90 Å². The number of nitrogens with zero attached hydrogens (tertiary/aromatic N) is 3. The SMILES string of the molecule is CCCCNC(=NC)NCc1ccccc1S(=O)(=O)N1CCN(C)CC1.I. The van der Waals surface area contributed by atoms with E-state index in [1.54, 1.807) is 23.5 Å². The number of likely N-dealkylation sites (N-methyl/N-ethyl adjacent to an activating group) is 1. The minimum Gasteiger partial charge on any atom is -0.356 e. The Bertz CT molecular complexity index is 703. The van der Waals surface area contributed by atoms with E-state index < -0.39 is 10.0 Å². The van der Waals surface area contributed by atoms with Crippen LogP contribution < -0.4 is 10.6 Å². The lowest BCUT2D eigenvalue weighted by Crippen LogP contribution is -2.47. The smallest absolute Gasteiger partial charge is 0.243 e. The van der Waals surface area contributed by atoms with Crippen molar-refractivity contribution in [1.29, 1.82) is 0 Å². The van der Waals surface area contributed by atoms with Gasteiger partial charge in [0.25, 0.3) is 0 Å². The Kier molecular flexibility index (Phi) is 10.6. The van der Waals surface area contributed by atoms with E-state index in [0.29, 0.717) is 30.5 Å². The molecule has 1 aromatic rings. The van der Waals surface area contributed by atoms with Crippen molar-refractivity contribution in [1.82, 2.24) is 19.8 Å². The highest BCUT2D eigenvalue weighted by atomic mass is 127. The summed E-state index contributed by atoms with van der Waals surface area (Å²) in [5.41, 5.74) is 0.755. The molecule has 0 radical (unpaired) electrons. The maximum absolute atomic E-state index is 13.1. The molecule has 0 saturated carbocycles. The molecule has 0 aliphatic carbocycles. The molecule has 1 aromatic carbocycles. The highest BCUT2D eigenvalue weighted by molar-refractivity contribution is 14.0. The minimum absolute atomic E-state index is 0. The van der Waals surface area contributed by atoms with Crippen molar-refractivity contribution in [2.75, 3.05) is 46.8 Å². The summed E-state index contributed by atoms with van der Waals surface area (Å²) >= 11 is 0. The van der Waals surface area contributed by atoms with Crippen LogP contribution in [0.5, 0.6) is 0 Å². The number of aliphatic imine (C=N–C) groups is 1. The summed E-state index contributed by atoms with van der Waals surface area (Å²) < 4.78 is 27.7. The van der Waals surface area contributed by atoms with E-state index in [-0.39, 0.29) is 24.0 Å². The molecule has 154 valence electrons. The number of halogens is 1. The highest BCUT2D eigenvalue weighted by Gasteiger charge is 2.29. The van der Waals surface area contributed by atoms with Crippen molar-refractivity contribution in [2.45, 2.75) is 31.2 Å². The van der Waals surface area contributed by atoms with Gasteiger partial charge in [-0.2, -0.15) is 4.31 Å². The molecule has 0 bridgehead atoms. The second kappa shape index (κ2) is 11.8. The second-order valence-electron chi connectivity index (χ2n) is 6.52. The number of rotatable bonds is 7. The predicted octanol–water partition coefficient (Wildman–Crippen LogP) is 1.71. The van der Waals surface area contributed by atoms with Crippen LogP contribution in [0, 0.1) is 0 Å². The summed E-state index contributed by atoms with van der Waals surface area (Å²) in [6, 6.07) is 7.20. The molecule has 0 atom stereocenters. The number of sulfonamides is 1. The predicted molar refractivity (Wildman–Crippen MR) is 121 cm³/mol. The van der Waals surface area contributed by atoms with E-state index in [0.717, 1.165) is 38.0 Å². The van der Waals surface area contributed by atoms with E-state index in [1.807, 2.05) is 19.2 Å².